The van der Waals surface area contributed by atoms with Crippen molar-refractivity contribution in [3.05, 3.63) is 53.6 Å². The van der Waals surface area contributed by atoms with Crippen LogP contribution in [0.1, 0.15) is 64.0 Å². The van der Waals surface area contributed by atoms with Crippen LogP contribution in [-0.2, 0) is 55.1 Å². The quantitative estimate of drug-likeness (QED) is 0.164. The number of hydrogen-bond acceptors (Lipinski definition) is 10. The van der Waals surface area contributed by atoms with Gasteiger partial charge in [-0.2, -0.15) is 0 Å². The number of carbonyl (C=O) groups excluding carboxylic acids is 6. The third-order valence-corrected chi connectivity index (χ3v) is 13.9. The second kappa shape index (κ2) is 13.9. The van der Waals surface area contributed by atoms with E-state index in [0.29, 0.717) is 41.2 Å². The zero-order valence-electron chi connectivity index (χ0n) is 31.0. The van der Waals surface area contributed by atoms with Gasteiger partial charge in [0.25, 0.3) is 5.91 Å². The first-order valence-corrected chi connectivity index (χ1v) is 21.3. The molecule has 1 N–H and O–H groups in total. The molecule has 1 spiro atoms. The number of esters is 2. The zero-order valence-corrected chi connectivity index (χ0v) is 32.0. The van der Waals surface area contributed by atoms with Crippen molar-refractivity contribution in [1.29, 1.82) is 0 Å². The molecule has 5 aliphatic heterocycles. The van der Waals surface area contributed by atoms with E-state index in [4.69, 9.17) is 14.2 Å². The van der Waals surface area contributed by atoms with Gasteiger partial charge >= 0.3 is 11.9 Å². The van der Waals surface area contributed by atoms with E-state index in [1.165, 1.54) is 23.6 Å². The van der Waals surface area contributed by atoms with Crippen molar-refractivity contribution in [2.75, 3.05) is 27.9 Å². The Bertz CT molecular complexity index is 1900. The third-order valence-electron chi connectivity index (χ3n) is 11.5. The minimum atomic E-state index is -3.63. The topological polar surface area (TPSA) is 163 Å². The van der Waals surface area contributed by atoms with Crippen LogP contribution >= 0.6 is 0 Å². The summed E-state index contributed by atoms with van der Waals surface area (Å²) in [6, 6.07) is 11.6. The number of hydrogen-bond donors (Lipinski definition) is 1. The van der Waals surface area contributed by atoms with Gasteiger partial charge in [0.2, 0.25) is 26.1 Å². The molecule has 7 rings (SSSR count). The largest absolute Gasteiger partial charge is 0.441 e. The van der Waals surface area contributed by atoms with Crippen molar-refractivity contribution < 1.29 is 52.2 Å². The lowest BCUT2D eigenvalue weighted by molar-refractivity contribution is -0.155. The second-order valence-corrected chi connectivity index (χ2v) is 19.2. The van der Waals surface area contributed by atoms with Crippen molar-refractivity contribution in [2.24, 2.45) is 5.92 Å². The Morgan fingerprint density at radius 3 is 2.09 bits per heavy atom. The highest BCUT2D eigenvalue weighted by Gasteiger charge is 2.67. The molecule has 0 aliphatic carbocycles. The number of β-lactam (4-membered cyclic amide) rings is 2. The lowest BCUT2D eigenvalue weighted by atomic mass is 9.82. The van der Waals surface area contributed by atoms with Gasteiger partial charge in [0.05, 0.1) is 50.2 Å². The Kier molecular flexibility index (Phi) is 9.67. The van der Waals surface area contributed by atoms with Crippen LogP contribution in [0, 0.1) is 5.92 Å². The predicted molar refractivity (Wildman–Crippen MR) is 194 cm³/mol. The molecule has 2 unspecified atom stereocenters. The van der Waals surface area contributed by atoms with Crippen molar-refractivity contribution in [2.45, 2.75) is 108 Å². The van der Waals surface area contributed by atoms with E-state index in [0.717, 1.165) is 6.42 Å². The number of ether oxygens (including phenoxy) is 3. The predicted octanol–water partition coefficient (Wildman–Crippen LogP) is 3.63. The summed E-state index contributed by atoms with van der Waals surface area (Å²) in [6.07, 6.45) is -1.15. The van der Waals surface area contributed by atoms with Gasteiger partial charge in [-0.3, -0.25) is 38.6 Å². The van der Waals surface area contributed by atoms with Gasteiger partial charge < -0.3 is 33.2 Å². The molecule has 0 radical (unpaired) electrons. The summed E-state index contributed by atoms with van der Waals surface area (Å²) in [4.78, 5) is 83.3. The summed E-state index contributed by atoms with van der Waals surface area (Å²) in [7, 11) is -3.63. The van der Waals surface area contributed by atoms with Crippen molar-refractivity contribution in [3.63, 3.8) is 0 Å². The van der Waals surface area contributed by atoms with Gasteiger partial charge in [-0.1, -0.05) is 19.1 Å². The van der Waals surface area contributed by atoms with E-state index in [1.807, 2.05) is 0 Å². The second-order valence-electron chi connectivity index (χ2n) is 15.4. The van der Waals surface area contributed by atoms with Crippen LogP contribution < -0.4 is 14.7 Å². The number of aliphatic hydroxyl groups is 1. The number of amides is 4. The monoisotopic (exact) mass is 764 g/mol. The van der Waals surface area contributed by atoms with Crippen molar-refractivity contribution in [1.82, 2.24) is 4.90 Å². The molecule has 5 heterocycles. The summed E-state index contributed by atoms with van der Waals surface area (Å²) < 4.78 is 33.9. The fourth-order valence-electron chi connectivity index (χ4n) is 9.10. The Hall–Kier alpha value is -4.67. The molecular weight excluding hydrogens is 720 g/mol. The summed E-state index contributed by atoms with van der Waals surface area (Å²) in [6.45, 7) is 7.77. The zero-order chi connectivity index (χ0) is 38.9. The van der Waals surface area contributed by atoms with Crippen LogP contribution in [0.5, 0.6) is 0 Å². The van der Waals surface area contributed by atoms with Gasteiger partial charge in [-0.05, 0) is 61.8 Å². The molecule has 5 aliphatic rings. The molecule has 4 saturated heterocycles. The first kappa shape index (κ1) is 37.6. The van der Waals surface area contributed by atoms with E-state index >= 15 is 8.90 Å². The standard InChI is InChI=1S/C38H45FN4O10Si/c1-21-36(54(4,5)39)30(16-31(47)40-14-6-7-27(40)20-44)53-38(21)28-15-26(43-33(49)18-35(43)52-23(3)46)12-13-29(28)41(37(38)50)19-24-8-10-25(11-9-24)42-32(48)17-34(42)51-22(2)45/h8-13,15,21,27,30,34-36,44H,6-7,14,16-20H2,1-5H3/t21-,27+,30+,34?,35?,36-,38+/m1/s1. The maximum atomic E-state index is 16.5. The molecule has 54 heavy (non-hydrogen) atoms. The summed E-state index contributed by atoms with van der Waals surface area (Å²) in [5, 5.41) is 9.91. The SMILES string of the molecule is CC(=O)OC1CC(=O)N1c1ccc(CN2C(=O)[C@@]3(O[C@@H](CC(=O)N4CCC[C@H]4CO)[C@H]([Si](C)(C)F)[C@H]3C)c3cc(N4C(=O)CC4OC(C)=O)ccc32)cc1. The number of benzene rings is 2. The number of anilines is 3. The fraction of sp³-hybridized carbons (Fsp3) is 0.526. The number of nitrogens with zero attached hydrogens (tertiary/aromatic N) is 4. The lowest BCUT2D eigenvalue weighted by Gasteiger charge is -2.39. The van der Waals surface area contributed by atoms with E-state index in [-0.39, 0.29) is 56.2 Å². The van der Waals surface area contributed by atoms with Gasteiger partial charge in [0.1, 0.15) is 0 Å². The number of aliphatic hydroxyl groups excluding tert-OH is 1. The number of likely N-dealkylation sites (tertiary alicyclic amines) is 1. The summed E-state index contributed by atoms with van der Waals surface area (Å²) in [5.74, 6) is -2.98. The van der Waals surface area contributed by atoms with Crippen LogP contribution in [-0.4, -0.2) is 91.7 Å². The lowest BCUT2D eigenvalue weighted by Crippen LogP contribution is -2.55. The molecular formula is C38H45FN4O10Si. The van der Waals surface area contributed by atoms with E-state index in [2.05, 4.69) is 0 Å². The number of halogens is 1. The minimum Gasteiger partial charge on any atom is -0.441 e. The average Bonchev–Trinajstić information content (AvgIpc) is 3.75. The third kappa shape index (κ3) is 6.27. The molecule has 288 valence electrons. The molecule has 2 aromatic rings. The first-order chi connectivity index (χ1) is 25.5. The number of carbonyl (C=O) groups is 6. The van der Waals surface area contributed by atoms with Crippen LogP contribution in [0.15, 0.2) is 42.5 Å². The van der Waals surface area contributed by atoms with Crippen molar-refractivity contribution in [3.8, 4) is 0 Å². The maximum Gasteiger partial charge on any atom is 0.304 e. The van der Waals surface area contributed by atoms with E-state index < -0.39 is 61.9 Å². The van der Waals surface area contributed by atoms with E-state index in [9.17, 15) is 29.1 Å². The highest BCUT2D eigenvalue weighted by Crippen LogP contribution is 2.61. The molecule has 14 nitrogen and oxygen atoms in total. The fourth-order valence-corrected chi connectivity index (χ4v) is 11.6. The molecule has 0 aromatic heterocycles. The van der Waals surface area contributed by atoms with Crippen LogP contribution in [0.25, 0.3) is 0 Å². The van der Waals surface area contributed by atoms with Crippen molar-refractivity contribution >= 4 is 61.0 Å². The molecule has 16 heteroatoms. The van der Waals surface area contributed by atoms with Crippen LogP contribution in [0.4, 0.5) is 21.2 Å². The first-order valence-electron chi connectivity index (χ1n) is 18.4. The average molecular weight is 765 g/mol. The normalized spacial score (nSPS) is 29.1. The Balaban J connectivity index is 1.25. The summed E-state index contributed by atoms with van der Waals surface area (Å²) in [5.41, 5.74) is 0.00798. The van der Waals surface area contributed by atoms with Crippen LogP contribution in [0.2, 0.25) is 18.6 Å². The molecule has 4 fully saturated rings. The number of rotatable bonds is 10. The van der Waals surface area contributed by atoms with Crippen LogP contribution in [0.3, 0.4) is 0 Å². The Morgan fingerprint density at radius 1 is 0.944 bits per heavy atom. The van der Waals surface area contributed by atoms with Gasteiger partial charge in [-0.15, -0.1) is 0 Å². The summed E-state index contributed by atoms with van der Waals surface area (Å²) >= 11 is 0. The van der Waals surface area contributed by atoms with Gasteiger partial charge in [0, 0.05) is 48.8 Å². The Labute approximate surface area is 313 Å². The highest BCUT2D eigenvalue weighted by atomic mass is 28.4. The van der Waals surface area contributed by atoms with Gasteiger partial charge in [-0.25, -0.2) is 0 Å². The molecule has 2 aromatic carbocycles. The molecule has 0 saturated carbocycles. The van der Waals surface area contributed by atoms with Gasteiger partial charge in [0.15, 0.2) is 18.1 Å². The molecule has 7 atom stereocenters. The Morgan fingerprint density at radius 2 is 1.54 bits per heavy atom. The smallest absolute Gasteiger partial charge is 0.304 e. The van der Waals surface area contributed by atoms with E-state index in [1.54, 1.807) is 72.3 Å². The number of fused-ring (bicyclic) bond motifs is 2. The highest BCUT2D eigenvalue weighted by molar-refractivity contribution is 6.72. The maximum absolute atomic E-state index is 16.5. The molecule has 0 bridgehead atoms. The minimum absolute atomic E-state index is 0.000352. The molecule has 4 amide bonds.